The summed E-state index contributed by atoms with van der Waals surface area (Å²) in [6.45, 7) is 4.32. The molecule has 0 aromatic heterocycles. The zero-order valence-electron chi connectivity index (χ0n) is 13.5. The van der Waals surface area contributed by atoms with Crippen LogP contribution in [0, 0.1) is 5.82 Å². The first-order valence-electron chi connectivity index (χ1n) is 8.07. The highest BCUT2D eigenvalue weighted by molar-refractivity contribution is 5.94. The molecule has 4 heteroatoms. The van der Waals surface area contributed by atoms with E-state index in [1.54, 1.807) is 53.4 Å². The van der Waals surface area contributed by atoms with Crippen LogP contribution in [-0.2, 0) is 6.54 Å². The first kappa shape index (κ1) is 16.2. The monoisotopic (exact) mass is 325 g/mol. The number of amides is 1. The lowest BCUT2D eigenvalue weighted by Crippen LogP contribution is -2.32. The molecule has 0 aliphatic heterocycles. The number of nitrogens with zero attached hydrogens (tertiary/aromatic N) is 1. The molecule has 2 aromatic rings. The maximum absolute atomic E-state index is 13.9. The third-order valence-electron chi connectivity index (χ3n) is 4.02. The molecule has 1 fully saturated rings. The van der Waals surface area contributed by atoms with E-state index in [1.165, 1.54) is 6.07 Å². The second kappa shape index (κ2) is 7.30. The smallest absolute Gasteiger partial charge is 0.254 e. The lowest BCUT2D eigenvalue weighted by molar-refractivity contribution is 0.0728. The minimum Gasteiger partial charge on any atom is -0.490 e. The fourth-order valence-electron chi connectivity index (χ4n) is 2.58. The highest BCUT2D eigenvalue weighted by Gasteiger charge is 2.33. The Morgan fingerprint density at radius 3 is 2.54 bits per heavy atom. The molecular formula is C20H20FNO2. The second-order valence-electron chi connectivity index (χ2n) is 5.88. The van der Waals surface area contributed by atoms with Crippen LogP contribution in [0.5, 0.6) is 5.75 Å². The van der Waals surface area contributed by atoms with Crippen LogP contribution in [0.25, 0.3) is 0 Å². The van der Waals surface area contributed by atoms with E-state index in [0.29, 0.717) is 30.0 Å². The summed E-state index contributed by atoms with van der Waals surface area (Å²) in [5.74, 6) is 0.346. The van der Waals surface area contributed by atoms with Gasteiger partial charge >= 0.3 is 0 Å². The molecule has 24 heavy (non-hydrogen) atoms. The van der Waals surface area contributed by atoms with E-state index in [1.807, 2.05) is 0 Å². The highest BCUT2D eigenvalue weighted by atomic mass is 19.1. The summed E-state index contributed by atoms with van der Waals surface area (Å²) in [7, 11) is 0. The van der Waals surface area contributed by atoms with Crippen LogP contribution >= 0.6 is 0 Å². The summed E-state index contributed by atoms with van der Waals surface area (Å²) in [4.78, 5) is 14.6. The van der Waals surface area contributed by atoms with Gasteiger partial charge in [0.15, 0.2) is 0 Å². The molecule has 0 atom stereocenters. The summed E-state index contributed by atoms with van der Waals surface area (Å²) in [6, 6.07) is 13.8. The molecule has 0 heterocycles. The van der Waals surface area contributed by atoms with Crippen molar-refractivity contribution in [3.8, 4) is 5.75 Å². The Hall–Kier alpha value is -2.62. The van der Waals surface area contributed by atoms with E-state index in [0.717, 1.165) is 12.8 Å². The van der Waals surface area contributed by atoms with Gasteiger partial charge in [0.2, 0.25) is 0 Å². The molecule has 1 amide bonds. The van der Waals surface area contributed by atoms with Gasteiger partial charge in [0.25, 0.3) is 5.91 Å². The lowest BCUT2D eigenvalue weighted by atomic mass is 10.1. The number of rotatable bonds is 7. The Labute approximate surface area is 141 Å². The normalized spacial score (nSPS) is 13.4. The summed E-state index contributed by atoms with van der Waals surface area (Å²) in [6.07, 6.45) is 3.61. The molecule has 0 spiro atoms. The number of carbonyl (C=O) groups is 1. The van der Waals surface area contributed by atoms with Crippen molar-refractivity contribution < 1.29 is 13.9 Å². The zero-order valence-corrected chi connectivity index (χ0v) is 13.5. The summed E-state index contributed by atoms with van der Waals surface area (Å²) < 4.78 is 19.3. The van der Waals surface area contributed by atoms with Gasteiger partial charge in [0, 0.05) is 23.7 Å². The topological polar surface area (TPSA) is 29.5 Å². The molecule has 1 aliphatic carbocycles. The maximum Gasteiger partial charge on any atom is 0.254 e. The van der Waals surface area contributed by atoms with Gasteiger partial charge in [0.05, 0.1) is 0 Å². The van der Waals surface area contributed by atoms with E-state index in [4.69, 9.17) is 4.74 Å². The largest absolute Gasteiger partial charge is 0.490 e. The van der Waals surface area contributed by atoms with Gasteiger partial charge < -0.3 is 9.64 Å². The number of hydrogen-bond acceptors (Lipinski definition) is 2. The van der Waals surface area contributed by atoms with Crippen molar-refractivity contribution in [2.45, 2.75) is 25.4 Å². The minimum absolute atomic E-state index is 0.0731. The Morgan fingerprint density at radius 2 is 1.92 bits per heavy atom. The van der Waals surface area contributed by atoms with Crippen molar-refractivity contribution in [1.82, 2.24) is 4.90 Å². The molecule has 124 valence electrons. The van der Waals surface area contributed by atoms with Crippen molar-refractivity contribution in [2.24, 2.45) is 0 Å². The number of halogens is 1. The van der Waals surface area contributed by atoms with Gasteiger partial charge in [-0.25, -0.2) is 4.39 Å². The Balaban J connectivity index is 1.75. The SMILES string of the molecule is C=CCOc1ccc(C(=O)N(Cc2ccccc2F)C2CC2)cc1. The lowest BCUT2D eigenvalue weighted by Gasteiger charge is -2.23. The first-order chi connectivity index (χ1) is 11.7. The summed E-state index contributed by atoms with van der Waals surface area (Å²) >= 11 is 0. The third kappa shape index (κ3) is 3.82. The molecule has 3 rings (SSSR count). The molecule has 1 saturated carbocycles. The highest BCUT2D eigenvalue weighted by Crippen LogP contribution is 2.30. The average molecular weight is 325 g/mol. The van der Waals surface area contributed by atoms with E-state index >= 15 is 0 Å². The van der Waals surface area contributed by atoms with Crippen LogP contribution < -0.4 is 4.74 Å². The standard InChI is InChI=1S/C20H20FNO2/c1-2-13-24-18-11-7-15(8-12-18)20(23)22(17-9-10-17)14-16-5-3-4-6-19(16)21/h2-8,11-12,17H,1,9-10,13-14H2. The van der Waals surface area contributed by atoms with Crippen LogP contribution in [0.4, 0.5) is 4.39 Å². The number of carbonyl (C=O) groups excluding carboxylic acids is 1. The number of hydrogen-bond donors (Lipinski definition) is 0. The molecule has 0 saturated heterocycles. The van der Waals surface area contributed by atoms with Crippen LogP contribution in [0.1, 0.15) is 28.8 Å². The molecular weight excluding hydrogens is 305 g/mol. The zero-order chi connectivity index (χ0) is 16.9. The van der Waals surface area contributed by atoms with E-state index in [9.17, 15) is 9.18 Å². The Bertz CT molecular complexity index is 723. The molecule has 3 nitrogen and oxygen atoms in total. The van der Waals surface area contributed by atoms with Crippen LogP contribution in [0.3, 0.4) is 0 Å². The van der Waals surface area contributed by atoms with Gasteiger partial charge in [-0.15, -0.1) is 0 Å². The molecule has 1 aliphatic rings. The quantitative estimate of drug-likeness (QED) is 0.714. The van der Waals surface area contributed by atoms with Crippen molar-refractivity contribution in [3.63, 3.8) is 0 Å². The van der Waals surface area contributed by atoms with Gasteiger partial charge in [-0.05, 0) is 43.2 Å². The molecule has 0 N–H and O–H groups in total. The van der Waals surface area contributed by atoms with Crippen molar-refractivity contribution in [2.75, 3.05) is 6.61 Å². The predicted molar refractivity (Wildman–Crippen MR) is 91.4 cm³/mol. The Kier molecular flexibility index (Phi) is 4.94. The van der Waals surface area contributed by atoms with Gasteiger partial charge in [-0.3, -0.25) is 4.79 Å². The molecule has 0 unspecified atom stereocenters. The van der Waals surface area contributed by atoms with Crippen LogP contribution in [0.2, 0.25) is 0 Å². The fourth-order valence-corrected chi connectivity index (χ4v) is 2.58. The minimum atomic E-state index is -0.274. The number of ether oxygens (including phenoxy) is 1. The van der Waals surface area contributed by atoms with Crippen molar-refractivity contribution in [3.05, 3.63) is 78.1 Å². The van der Waals surface area contributed by atoms with E-state index in [-0.39, 0.29) is 17.8 Å². The van der Waals surface area contributed by atoms with Gasteiger partial charge in [0.1, 0.15) is 18.2 Å². The average Bonchev–Trinajstić information content (AvgIpc) is 3.44. The summed E-state index contributed by atoms with van der Waals surface area (Å²) in [5, 5.41) is 0. The summed E-state index contributed by atoms with van der Waals surface area (Å²) in [5.41, 5.74) is 1.13. The molecule has 0 radical (unpaired) electrons. The fraction of sp³-hybridized carbons (Fsp3) is 0.250. The maximum atomic E-state index is 13.9. The van der Waals surface area contributed by atoms with Gasteiger partial charge in [-0.1, -0.05) is 30.9 Å². The van der Waals surface area contributed by atoms with Crippen molar-refractivity contribution >= 4 is 5.91 Å². The molecule has 2 aromatic carbocycles. The Morgan fingerprint density at radius 1 is 1.21 bits per heavy atom. The van der Waals surface area contributed by atoms with E-state index in [2.05, 4.69) is 6.58 Å². The van der Waals surface area contributed by atoms with Crippen LogP contribution in [0.15, 0.2) is 61.2 Å². The van der Waals surface area contributed by atoms with Crippen molar-refractivity contribution in [1.29, 1.82) is 0 Å². The first-order valence-corrected chi connectivity index (χ1v) is 8.07. The second-order valence-corrected chi connectivity index (χ2v) is 5.88. The van der Waals surface area contributed by atoms with E-state index < -0.39 is 0 Å². The van der Waals surface area contributed by atoms with Crippen LogP contribution in [-0.4, -0.2) is 23.5 Å². The third-order valence-corrected chi connectivity index (χ3v) is 4.02. The number of benzene rings is 2. The predicted octanol–water partition coefficient (Wildman–Crippen LogP) is 4.20. The molecule has 0 bridgehead atoms. The van der Waals surface area contributed by atoms with Gasteiger partial charge in [-0.2, -0.15) is 0 Å².